The highest BCUT2D eigenvalue weighted by molar-refractivity contribution is 7.09. The van der Waals surface area contributed by atoms with Crippen LogP contribution >= 0.6 is 11.3 Å². The third-order valence-corrected chi connectivity index (χ3v) is 4.72. The highest BCUT2D eigenvalue weighted by Gasteiger charge is 2.35. The first kappa shape index (κ1) is 16.4. The highest BCUT2D eigenvalue weighted by atomic mass is 32.1. The number of aliphatic carboxylic acids is 1. The standard InChI is InChI=1S/C17H18N2O4S/c1-10-18-12(8-24-10)11-4-5-14-13(6-11)19(15(20)7-23-14)9-17(2,3)16(21)22/h4-6,8H,7,9H2,1-3H3,(H,21,22). The van der Waals surface area contributed by atoms with Crippen LogP contribution in [0.2, 0.25) is 0 Å². The van der Waals surface area contributed by atoms with E-state index in [1.165, 1.54) is 4.90 Å². The number of nitrogens with zero attached hydrogens (tertiary/aromatic N) is 2. The van der Waals surface area contributed by atoms with Crippen molar-refractivity contribution in [3.05, 3.63) is 28.6 Å². The molecule has 0 saturated carbocycles. The lowest BCUT2D eigenvalue weighted by atomic mass is 9.92. The molecule has 0 fully saturated rings. The van der Waals surface area contributed by atoms with Crippen molar-refractivity contribution in [2.24, 2.45) is 5.41 Å². The number of aryl methyl sites for hydroxylation is 1. The van der Waals surface area contributed by atoms with Crippen molar-refractivity contribution in [1.29, 1.82) is 0 Å². The second kappa shape index (κ2) is 5.90. The van der Waals surface area contributed by atoms with Gasteiger partial charge in [0.1, 0.15) is 5.75 Å². The average Bonchev–Trinajstić information content (AvgIpc) is 2.96. The Morgan fingerprint density at radius 2 is 2.21 bits per heavy atom. The van der Waals surface area contributed by atoms with E-state index in [1.807, 2.05) is 24.4 Å². The van der Waals surface area contributed by atoms with Crippen molar-refractivity contribution in [1.82, 2.24) is 4.98 Å². The fourth-order valence-corrected chi connectivity index (χ4v) is 3.12. The summed E-state index contributed by atoms with van der Waals surface area (Å²) in [5.41, 5.74) is 1.23. The van der Waals surface area contributed by atoms with Gasteiger partial charge in [-0.1, -0.05) is 0 Å². The largest absolute Gasteiger partial charge is 0.482 e. The summed E-state index contributed by atoms with van der Waals surface area (Å²) in [5.74, 6) is -0.621. The van der Waals surface area contributed by atoms with Crippen LogP contribution in [-0.2, 0) is 9.59 Å². The third kappa shape index (κ3) is 2.99. The Morgan fingerprint density at radius 1 is 1.46 bits per heavy atom. The first-order valence-electron chi connectivity index (χ1n) is 7.51. The van der Waals surface area contributed by atoms with Crippen LogP contribution in [0.25, 0.3) is 11.3 Å². The van der Waals surface area contributed by atoms with Crippen LogP contribution in [-0.4, -0.2) is 35.1 Å². The molecule has 3 rings (SSSR count). The van der Waals surface area contributed by atoms with Gasteiger partial charge in [0, 0.05) is 17.5 Å². The van der Waals surface area contributed by atoms with Gasteiger partial charge in [-0.25, -0.2) is 4.98 Å². The predicted molar refractivity (Wildman–Crippen MR) is 91.6 cm³/mol. The van der Waals surface area contributed by atoms with Crippen LogP contribution in [0.3, 0.4) is 0 Å². The van der Waals surface area contributed by atoms with E-state index in [0.717, 1.165) is 16.3 Å². The van der Waals surface area contributed by atoms with Gasteiger partial charge in [0.2, 0.25) is 0 Å². The summed E-state index contributed by atoms with van der Waals surface area (Å²) in [5, 5.41) is 12.3. The topological polar surface area (TPSA) is 79.7 Å². The zero-order chi connectivity index (χ0) is 17.5. The van der Waals surface area contributed by atoms with Crippen molar-refractivity contribution >= 4 is 28.9 Å². The molecule has 1 aliphatic heterocycles. The molecular weight excluding hydrogens is 328 g/mol. The summed E-state index contributed by atoms with van der Waals surface area (Å²) in [7, 11) is 0. The average molecular weight is 346 g/mol. The van der Waals surface area contributed by atoms with Crippen molar-refractivity contribution in [2.45, 2.75) is 20.8 Å². The number of carboxylic acids is 1. The van der Waals surface area contributed by atoms with E-state index < -0.39 is 11.4 Å². The number of fused-ring (bicyclic) bond motifs is 1. The van der Waals surface area contributed by atoms with Gasteiger partial charge in [0.15, 0.2) is 6.61 Å². The van der Waals surface area contributed by atoms with Gasteiger partial charge >= 0.3 is 5.97 Å². The maximum Gasteiger partial charge on any atom is 0.310 e. The molecule has 1 aliphatic rings. The first-order valence-corrected chi connectivity index (χ1v) is 8.39. The second-order valence-corrected chi connectivity index (χ2v) is 7.45. The molecule has 0 unspecified atom stereocenters. The van der Waals surface area contributed by atoms with Gasteiger partial charge in [0.05, 0.1) is 21.8 Å². The number of carbonyl (C=O) groups is 2. The molecule has 1 amide bonds. The third-order valence-electron chi connectivity index (χ3n) is 3.95. The van der Waals surface area contributed by atoms with E-state index >= 15 is 0 Å². The molecule has 1 N–H and O–H groups in total. The summed E-state index contributed by atoms with van der Waals surface area (Å²) in [6, 6.07) is 5.52. The molecule has 0 atom stereocenters. The van der Waals surface area contributed by atoms with E-state index in [0.29, 0.717) is 11.4 Å². The Kier molecular flexibility index (Phi) is 4.04. The number of rotatable bonds is 4. The summed E-state index contributed by atoms with van der Waals surface area (Å²) in [6.07, 6.45) is 0. The van der Waals surface area contributed by atoms with Gasteiger partial charge in [-0.15, -0.1) is 11.3 Å². The summed E-state index contributed by atoms with van der Waals surface area (Å²) >= 11 is 1.55. The molecule has 0 saturated heterocycles. The lowest BCUT2D eigenvalue weighted by molar-refractivity contribution is -0.146. The molecule has 1 aromatic carbocycles. The molecule has 0 bridgehead atoms. The van der Waals surface area contributed by atoms with Gasteiger partial charge in [-0.2, -0.15) is 0 Å². The van der Waals surface area contributed by atoms with Crippen LogP contribution in [0.1, 0.15) is 18.9 Å². The first-order chi connectivity index (χ1) is 11.3. The highest BCUT2D eigenvalue weighted by Crippen LogP contribution is 2.37. The Bertz CT molecular complexity index is 813. The Balaban J connectivity index is 2.01. The lowest BCUT2D eigenvalue weighted by Gasteiger charge is -2.34. The van der Waals surface area contributed by atoms with E-state index in [9.17, 15) is 14.7 Å². The molecule has 0 spiro atoms. The zero-order valence-corrected chi connectivity index (χ0v) is 14.5. The minimum atomic E-state index is -1.06. The SMILES string of the molecule is Cc1nc(-c2ccc3c(c2)N(CC(C)(C)C(=O)O)C(=O)CO3)cs1. The van der Waals surface area contributed by atoms with Gasteiger partial charge in [-0.3, -0.25) is 9.59 Å². The normalized spacial score (nSPS) is 14.3. The fraction of sp³-hybridized carbons (Fsp3) is 0.353. The number of hydrogen-bond donors (Lipinski definition) is 1. The number of carboxylic acid groups (broad SMARTS) is 1. The Labute approximate surface area is 143 Å². The maximum absolute atomic E-state index is 12.3. The Morgan fingerprint density at radius 3 is 2.83 bits per heavy atom. The van der Waals surface area contributed by atoms with Gasteiger partial charge in [-0.05, 0) is 39.0 Å². The van der Waals surface area contributed by atoms with Gasteiger partial charge in [0.25, 0.3) is 5.91 Å². The number of benzene rings is 1. The van der Waals surface area contributed by atoms with Gasteiger partial charge < -0.3 is 14.7 Å². The van der Waals surface area contributed by atoms with E-state index in [2.05, 4.69) is 4.98 Å². The summed E-state index contributed by atoms with van der Waals surface area (Å²) in [4.78, 5) is 29.7. The number of hydrogen-bond acceptors (Lipinski definition) is 5. The second-order valence-electron chi connectivity index (χ2n) is 6.39. The Hall–Kier alpha value is -2.41. The number of aromatic nitrogens is 1. The van der Waals surface area contributed by atoms with Crippen LogP contribution in [0.15, 0.2) is 23.6 Å². The fourth-order valence-electron chi connectivity index (χ4n) is 2.49. The minimum Gasteiger partial charge on any atom is -0.482 e. The van der Waals surface area contributed by atoms with Crippen molar-refractivity contribution in [3.8, 4) is 17.0 Å². The molecule has 1 aromatic heterocycles. The molecule has 126 valence electrons. The molecule has 2 heterocycles. The predicted octanol–water partition coefficient (Wildman–Crippen LogP) is 2.95. The van der Waals surface area contributed by atoms with E-state index in [1.54, 1.807) is 31.3 Å². The van der Waals surface area contributed by atoms with Crippen LogP contribution in [0.4, 0.5) is 5.69 Å². The summed E-state index contributed by atoms with van der Waals surface area (Å²) in [6.45, 7) is 5.13. The van der Waals surface area contributed by atoms with Crippen molar-refractivity contribution in [3.63, 3.8) is 0 Å². The number of anilines is 1. The molecule has 6 nitrogen and oxygen atoms in total. The monoisotopic (exact) mass is 346 g/mol. The minimum absolute atomic E-state index is 0.0804. The number of amides is 1. The van der Waals surface area contributed by atoms with E-state index in [4.69, 9.17) is 4.74 Å². The maximum atomic E-state index is 12.3. The molecular formula is C17H18N2O4S. The number of ether oxygens (including phenoxy) is 1. The molecule has 0 aliphatic carbocycles. The van der Waals surface area contributed by atoms with Crippen LogP contribution in [0.5, 0.6) is 5.75 Å². The van der Waals surface area contributed by atoms with Crippen LogP contribution < -0.4 is 9.64 Å². The van der Waals surface area contributed by atoms with Crippen LogP contribution in [0, 0.1) is 12.3 Å². The van der Waals surface area contributed by atoms with Crippen molar-refractivity contribution < 1.29 is 19.4 Å². The van der Waals surface area contributed by atoms with Crippen molar-refractivity contribution in [2.75, 3.05) is 18.1 Å². The quantitative estimate of drug-likeness (QED) is 0.921. The summed E-state index contributed by atoms with van der Waals surface area (Å²) < 4.78 is 5.48. The lowest BCUT2D eigenvalue weighted by Crippen LogP contribution is -2.46. The van der Waals surface area contributed by atoms with E-state index in [-0.39, 0.29) is 19.1 Å². The molecule has 24 heavy (non-hydrogen) atoms. The number of thiazole rings is 1. The zero-order valence-electron chi connectivity index (χ0n) is 13.7. The molecule has 2 aromatic rings. The molecule has 0 radical (unpaired) electrons. The smallest absolute Gasteiger partial charge is 0.310 e. The number of carbonyl (C=O) groups excluding carboxylic acids is 1. The molecule has 7 heteroatoms.